The summed E-state index contributed by atoms with van der Waals surface area (Å²) in [4.78, 5) is 0. The summed E-state index contributed by atoms with van der Waals surface area (Å²) in [6, 6.07) is 0. The molecule has 0 aliphatic carbocycles. The predicted molar refractivity (Wildman–Crippen MR) is 36.0 cm³/mol. The summed E-state index contributed by atoms with van der Waals surface area (Å²) in [5.74, 6) is -4.67. The summed E-state index contributed by atoms with van der Waals surface area (Å²) in [6.45, 7) is 0. The largest absolute Gasteiger partial charge is 0.370 e. The standard InChI is InChI=1S/C2H2N8O2.H3NO2/c11-1(3-7-8-4-1)2(12)5-9-10-6-2;2-1-3/h11-12H;1-3H. The molecule has 0 spiro atoms. The molecule has 2 heterocycles. The van der Waals surface area contributed by atoms with Crippen molar-refractivity contribution in [3.8, 4) is 0 Å². The van der Waals surface area contributed by atoms with E-state index in [0.29, 0.717) is 0 Å². The summed E-state index contributed by atoms with van der Waals surface area (Å²) in [6.07, 6.45) is 0. The fourth-order valence-electron chi connectivity index (χ4n) is 0.638. The van der Waals surface area contributed by atoms with E-state index in [0.717, 1.165) is 5.64 Å². The van der Waals surface area contributed by atoms with Crippen LogP contribution in [0.2, 0.25) is 0 Å². The van der Waals surface area contributed by atoms with Crippen molar-refractivity contribution in [1.82, 2.24) is 5.64 Å². The molecule has 15 heavy (non-hydrogen) atoms. The molecule has 0 saturated carbocycles. The Kier molecular flexibility index (Phi) is 3.12. The Bertz CT molecular complexity index is 277. The molecule has 0 fully saturated rings. The molecule has 2 aliphatic rings. The molecule has 82 valence electrons. The number of hydrogen-bond acceptors (Lipinski definition) is 13. The van der Waals surface area contributed by atoms with Crippen LogP contribution in [0, 0.1) is 0 Å². The monoisotopic (exact) mass is 219 g/mol. The van der Waals surface area contributed by atoms with Crippen LogP contribution in [0.4, 0.5) is 0 Å². The van der Waals surface area contributed by atoms with E-state index in [4.69, 9.17) is 10.4 Å². The van der Waals surface area contributed by atoms with Crippen molar-refractivity contribution in [2.45, 2.75) is 11.7 Å². The maximum Gasteiger partial charge on any atom is 0.370 e. The van der Waals surface area contributed by atoms with Gasteiger partial charge in [0.05, 0.1) is 0 Å². The smallest absolute Gasteiger partial charge is 0.343 e. The summed E-state index contributed by atoms with van der Waals surface area (Å²) in [5, 5.41) is 56.9. The van der Waals surface area contributed by atoms with Gasteiger partial charge in [-0.3, -0.25) is 10.4 Å². The molecule has 0 bridgehead atoms. The van der Waals surface area contributed by atoms with Crippen LogP contribution in [-0.2, 0) is 0 Å². The molecule has 0 radical (unpaired) electrons. The van der Waals surface area contributed by atoms with E-state index in [1.54, 1.807) is 0 Å². The van der Waals surface area contributed by atoms with Gasteiger partial charge >= 0.3 is 11.7 Å². The molecular formula is C2H5N9O4. The summed E-state index contributed by atoms with van der Waals surface area (Å²) < 4.78 is 0. The Balaban J connectivity index is 0.000000337. The normalized spacial score (nSPS) is 22.9. The molecule has 0 aromatic carbocycles. The molecule has 5 N–H and O–H groups in total. The second kappa shape index (κ2) is 4.15. The van der Waals surface area contributed by atoms with Gasteiger partial charge in [-0.2, -0.15) is 0 Å². The van der Waals surface area contributed by atoms with Crippen LogP contribution in [0.1, 0.15) is 0 Å². The zero-order valence-corrected chi connectivity index (χ0v) is 6.87. The van der Waals surface area contributed by atoms with Gasteiger partial charge < -0.3 is 10.2 Å². The van der Waals surface area contributed by atoms with Crippen LogP contribution in [0.25, 0.3) is 0 Å². The fourth-order valence-corrected chi connectivity index (χ4v) is 0.638. The third kappa shape index (κ3) is 2.00. The van der Waals surface area contributed by atoms with Crippen molar-refractivity contribution >= 4 is 0 Å². The molecule has 0 aromatic heterocycles. The highest BCUT2D eigenvalue weighted by Crippen LogP contribution is 2.34. The van der Waals surface area contributed by atoms with E-state index in [-0.39, 0.29) is 0 Å². The maximum absolute atomic E-state index is 9.37. The van der Waals surface area contributed by atoms with Gasteiger partial charge in [0.15, 0.2) is 0 Å². The lowest BCUT2D eigenvalue weighted by atomic mass is 10.3. The first kappa shape index (κ1) is 11.3. The van der Waals surface area contributed by atoms with Crippen molar-refractivity contribution < 1.29 is 20.6 Å². The minimum atomic E-state index is -2.34. The average Bonchev–Trinajstić information content (AvgIpc) is 2.78. The fraction of sp³-hybridized carbons (Fsp3) is 1.00. The first-order valence-corrected chi connectivity index (χ1v) is 3.24. The Morgan fingerprint density at radius 1 is 0.667 bits per heavy atom. The number of nitrogens with zero attached hydrogens (tertiary/aromatic N) is 8. The summed E-state index contributed by atoms with van der Waals surface area (Å²) in [7, 11) is 0. The first-order valence-electron chi connectivity index (χ1n) is 3.24. The number of rotatable bonds is 1. The number of hydrogen-bond donors (Lipinski definition) is 5. The Hall–Kier alpha value is -1.80. The lowest BCUT2D eigenvalue weighted by Crippen LogP contribution is -2.46. The Morgan fingerprint density at radius 2 is 0.867 bits per heavy atom. The molecule has 2 rings (SSSR count). The van der Waals surface area contributed by atoms with Crippen LogP contribution in [0.15, 0.2) is 41.4 Å². The van der Waals surface area contributed by atoms with Gasteiger partial charge in [0.25, 0.3) is 0 Å². The van der Waals surface area contributed by atoms with Gasteiger partial charge in [-0.25, -0.2) is 0 Å². The van der Waals surface area contributed by atoms with Gasteiger partial charge in [0.1, 0.15) is 0 Å². The van der Waals surface area contributed by atoms with Crippen LogP contribution in [-0.4, -0.2) is 32.3 Å². The van der Waals surface area contributed by atoms with Crippen molar-refractivity contribution in [3.05, 3.63) is 0 Å². The molecule has 13 nitrogen and oxygen atoms in total. The highest BCUT2D eigenvalue weighted by molar-refractivity contribution is 4.91. The molecule has 2 aliphatic heterocycles. The van der Waals surface area contributed by atoms with Gasteiger partial charge in [0, 0.05) is 0 Å². The summed E-state index contributed by atoms with van der Waals surface area (Å²) >= 11 is 0. The average molecular weight is 219 g/mol. The second-order valence-corrected chi connectivity index (χ2v) is 2.13. The lowest BCUT2D eigenvalue weighted by Gasteiger charge is -2.20. The first-order chi connectivity index (χ1) is 7.08. The molecule has 0 unspecified atom stereocenters. The van der Waals surface area contributed by atoms with Crippen molar-refractivity contribution in [2.24, 2.45) is 41.4 Å². The zero-order valence-electron chi connectivity index (χ0n) is 6.87. The van der Waals surface area contributed by atoms with E-state index >= 15 is 0 Å². The third-order valence-corrected chi connectivity index (χ3v) is 1.27. The highest BCUT2D eigenvalue weighted by atomic mass is 16.7. The lowest BCUT2D eigenvalue weighted by molar-refractivity contribution is -0.135. The molecule has 0 aromatic rings. The molecular weight excluding hydrogens is 214 g/mol. The topological polar surface area (TPSA) is 192 Å². The van der Waals surface area contributed by atoms with Crippen LogP contribution in [0.5, 0.6) is 0 Å². The van der Waals surface area contributed by atoms with E-state index in [1.807, 2.05) is 0 Å². The number of nitrogens with one attached hydrogen (secondary N) is 1. The van der Waals surface area contributed by atoms with Gasteiger partial charge in [-0.15, -0.1) is 0 Å². The number of aliphatic hydroxyl groups is 2. The Labute approximate surface area is 80.5 Å². The summed E-state index contributed by atoms with van der Waals surface area (Å²) in [5.41, 5.74) is 0.750. The van der Waals surface area contributed by atoms with E-state index in [1.165, 1.54) is 0 Å². The zero-order chi connectivity index (χ0) is 11.4. The van der Waals surface area contributed by atoms with Gasteiger partial charge in [0.2, 0.25) is 0 Å². The molecule has 0 saturated heterocycles. The van der Waals surface area contributed by atoms with Crippen molar-refractivity contribution in [2.75, 3.05) is 0 Å². The quantitative estimate of drug-likeness (QED) is 0.363. The SMILES string of the molecule is OC1(C2(O)N=NN=N2)N=NN=N1.ONO. The van der Waals surface area contributed by atoms with Gasteiger partial charge in [-0.1, -0.05) is 26.1 Å². The van der Waals surface area contributed by atoms with Gasteiger partial charge in [-0.05, 0) is 20.9 Å². The minimum Gasteiger partial charge on any atom is -0.343 e. The molecule has 0 atom stereocenters. The van der Waals surface area contributed by atoms with E-state index in [2.05, 4.69) is 41.4 Å². The molecule has 13 heteroatoms. The van der Waals surface area contributed by atoms with Crippen LogP contribution < -0.4 is 5.64 Å². The van der Waals surface area contributed by atoms with Crippen LogP contribution >= 0.6 is 0 Å². The van der Waals surface area contributed by atoms with Crippen molar-refractivity contribution in [3.63, 3.8) is 0 Å². The second-order valence-electron chi connectivity index (χ2n) is 2.13. The van der Waals surface area contributed by atoms with Crippen LogP contribution in [0.3, 0.4) is 0 Å². The van der Waals surface area contributed by atoms with Crippen molar-refractivity contribution in [1.29, 1.82) is 0 Å². The predicted octanol–water partition coefficient (Wildman–Crippen LogP) is -0.701. The third-order valence-electron chi connectivity index (χ3n) is 1.27. The minimum absolute atomic E-state index is 0.750. The highest BCUT2D eigenvalue weighted by Gasteiger charge is 2.57. The Morgan fingerprint density at radius 3 is 1.07 bits per heavy atom. The van der Waals surface area contributed by atoms with E-state index < -0.39 is 11.7 Å². The molecule has 0 amide bonds. The maximum atomic E-state index is 9.37. The van der Waals surface area contributed by atoms with E-state index in [9.17, 15) is 10.2 Å².